The number of para-hydroxylation sites is 1. The number of anilines is 7. The highest BCUT2D eigenvalue weighted by Crippen LogP contribution is 2.34. The number of aromatic carboxylic acids is 1. The first-order chi connectivity index (χ1) is 52.6. The van der Waals surface area contributed by atoms with Crippen LogP contribution in [0.15, 0.2) is 110 Å². The van der Waals surface area contributed by atoms with Gasteiger partial charge < -0.3 is 103 Å². The number of Topliss-reactive ketones (excluding diaryl/α,β-unsaturated/α-hetero) is 1. The van der Waals surface area contributed by atoms with Crippen molar-refractivity contribution < 1.29 is 104 Å². The lowest BCUT2D eigenvalue weighted by Crippen LogP contribution is -3.00. The first-order valence-electron chi connectivity index (χ1n) is 30.1. The first kappa shape index (κ1) is 88.4. The van der Waals surface area contributed by atoms with Crippen LogP contribution in [0.3, 0.4) is 0 Å². The van der Waals surface area contributed by atoms with Gasteiger partial charge in [0.25, 0.3) is 18.1 Å². The molecule has 12 heterocycles. The number of aromatic amines is 1. The van der Waals surface area contributed by atoms with Gasteiger partial charge in [-0.3, -0.25) is 24.5 Å². The van der Waals surface area contributed by atoms with Crippen molar-refractivity contribution in [2.24, 2.45) is 12.8 Å². The number of nitrogen functional groups attached to an aromatic ring is 6. The van der Waals surface area contributed by atoms with Crippen molar-refractivity contribution in [3.63, 3.8) is 0 Å². The maximum absolute atomic E-state index is 14.4. The van der Waals surface area contributed by atoms with Gasteiger partial charge in [0, 0.05) is 14.0 Å². The van der Waals surface area contributed by atoms with Crippen LogP contribution >= 0.6 is 34.8 Å². The van der Waals surface area contributed by atoms with E-state index < -0.39 is 80.0 Å². The molecule has 13 aromatic rings. The van der Waals surface area contributed by atoms with Crippen molar-refractivity contribution in [2.45, 2.75) is 24.6 Å². The topological polar surface area (TPSA) is 590 Å². The highest BCUT2D eigenvalue weighted by Gasteiger charge is 2.31. The average molecular weight is 1730 g/mol. The fourth-order valence-corrected chi connectivity index (χ4v) is 8.76. The highest BCUT2D eigenvalue weighted by atomic mass is 127. The van der Waals surface area contributed by atoms with Crippen molar-refractivity contribution in [3.05, 3.63) is 190 Å². The number of rotatable bonds is 10. The maximum Gasteiger partial charge on any atom is 0.373 e. The zero-order valence-electron chi connectivity index (χ0n) is 58.2. The second-order valence-electron chi connectivity index (χ2n) is 20.5. The van der Waals surface area contributed by atoms with Crippen molar-refractivity contribution in [2.75, 3.05) is 67.6 Å². The summed E-state index contributed by atoms with van der Waals surface area (Å²) in [6.07, 6.45) is 13.3. The third-order valence-electron chi connectivity index (χ3n) is 13.2. The normalized spacial score (nSPS) is 10.5. The molecule has 1 amide bonds. The van der Waals surface area contributed by atoms with Crippen LogP contribution in [0.1, 0.15) is 72.6 Å². The standard InChI is InChI=1S/C16H12F2N8O.C13H8FN7O2.C8H7FN4O2.C7H5FN4O2.C6H5Cl3N2O2.C5H8N4O2.C4H5NO.C2H6.HI/c1-25-7-21-5-11(25)12-9(18)3-20-4-10(12)23-16(27)13-14(19)24-26-6-8(17)2-22-15(13)26;14-7-5-16-12-10(11(15)18-20(12)6-7)13(22)23-21-9-4-2-1-3-8(9)17-19-21;1-15-8(14)5-6(10)12-13-3-4(9)2-11-7(5)13;8-3-1-10-6-4(7(13)14)5(9)11-12(6)2-3;1-11-3(5(12)13-2)4(10)6(7,8)9;1-11-5(10)2-3(6)8-9-4(2)7;1-4(6)3-5-2;1-2;/h2-7H,1H3,(H2,19,24)(H,23,27);1-6H,(H2,15,18);2-3H,1H3,(H2,10,12);1-2H,(H2,9,11)(H,13,14);10H2,2H3;1H3,(H5,6,7,8,9);3H2,1H3;1-2H3;1H/p-1/b;;;;4-3-;;;;. The van der Waals surface area contributed by atoms with Gasteiger partial charge in [0.15, 0.2) is 86.3 Å². The molecule has 51 heteroatoms. The predicted octanol–water partition coefficient (Wildman–Crippen LogP) is 1.99. The molecular weight excluding hydrogens is 1670 g/mol. The number of benzene rings is 1. The summed E-state index contributed by atoms with van der Waals surface area (Å²) >= 11 is 16.1. The number of aryl methyl sites for hydroxylation is 1. The van der Waals surface area contributed by atoms with Crippen LogP contribution in [0.2, 0.25) is 0 Å². The predicted molar refractivity (Wildman–Crippen MR) is 383 cm³/mol. The molecule has 17 N–H and O–H groups in total. The van der Waals surface area contributed by atoms with E-state index in [9.17, 15) is 55.5 Å². The molecule has 0 aliphatic carbocycles. The van der Waals surface area contributed by atoms with Gasteiger partial charge in [-0.1, -0.05) is 65.6 Å². The van der Waals surface area contributed by atoms with Gasteiger partial charge in [0.2, 0.25) is 9.58 Å². The molecule has 0 atom stereocenters. The SMILES string of the molecule is CC.COC(=O)c1c(N)n[nH]c1N.COC(=O)c1c(N)nn2cc(F)cnc12.Cn1cncc1-c1c(F)cncc1NC(=O)c1c(N)nn2cc(F)cnc12.Nc1nn2cc(F)cnc2c1C(=O)O.Nc1nn2cc(F)cnc2c1C(=O)On1nnc2ccccc21.[C-]#[N+]/C(C(=O)OC)=C(\N)C(Cl)(Cl)Cl.[C-]#[N+]CC(C)=O.[I-]. The summed E-state index contributed by atoms with van der Waals surface area (Å²) in [6.45, 7) is 18.2. The van der Waals surface area contributed by atoms with E-state index in [0.29, 0.717) is 16.7 Å². The van der Waals surface area contributed by atoms with Crippen LogP contribution < -0.4 is 74.3 Å². The maximum atomic E-state index is 14.4. The monoisotopic (exact) mass is 1730 g/mol. The number of H-pyrrole nitrogens is 1. The number of amides is 1. The molecule has 0 aliphatic heterocycles. The third-order valence-corrected chi connectivity index (χ3v) is 13.8. The molecule has 42 nitrogen and oxygen atoms in total. The minimum atomic E-state index is -1.98. The molecule has 0 saturated carbocycles. The lowest BCUT2D eigenvalue weighted by molar-refractivity contribution is -0.135. The van der Waals surface area contributed by atoms with E-state index >= 15 is 0 Å². The van der Waals surface area contributed by atoms with Gasteiger partial charge in [0.1, 0.15) is 39.1 Å². The molecule has 0 aliphatic rings. The number of carbonyl (C=O) groups is 7. The number of nitrogens with zero attached hydrogens (tertiary/aromatic N) is 21. The molecule has 12 aromatic heterocycles. The number of esters is 3. The second-order valence-corrected chi connectivity index (χ2v) is 22.8. The van der Waals surface area contributed by atoms with Gasteiger partial charge in [-0.25, -0.2) is 95.5 Å². The Kier molecular flexibility index (Phi) is 31.2. The summed E-state index contributed by atoms with van der Waals surface area (Å²) in [7, 11) is 5.25. The molecule has 0 unspecified atom stereocenters. The molecule has 586 valence electrons. The van der Waals surface area contributed by atoms with Crippen LogP contribution in [0.4, 0.5) is 62.5 Å². The number of nitrogens with two attached hydrogens (primary N) is 7. The fraction of sp³-hybridized carbons (Fsp3) is 0.148. The second kappa shape index (κ2) is 39.5. The largest absolute Gasteiger partial charge is 1.00 e. The number of fused-ring (bicyclic) bond motifs is 5. The lowest BCUT2D eigenvalue weighted by atomic mass is 10.1. The summed E-state index contributed by atoms with van der Waals surface area (Å²) in [4.78, 5) is 113. The third kappa shape index (κ3) is 21.5. The quantitative estimate of drug-likeness (QED) is 0.0137. The number of allylic oxidation sites excluding steroid dienone is 1. The van der Waals surface area contributed by atoms with Crippen LogP contribution in [-0.4, -0.2) is 177 Å². The number of pyridine rings is 1. The summed E-state index contributed by atoms with van der Waals surface area (Å²) in [6, 6.07) is 6.95. The van der Waals surface area contributed by atoms with Crippen molar-refractivity contribution in [1.29, 1.82) is 0 Å². The van der Waals surface area contributed by atoms with E-state index in [1.165, 1.54) is 39.9 Å². The highest BCUT2D eigenvalue weighted by molar-refractivity contribution is 6.69. The molecule has 1 aromatic carbocycles. The average Bonchev–Trinajstić information content (AvgIpc) is 1.62. The molecule has 0 spiro atoms. The number of hydrogen-bond donors (Lipinski definition) is 10. The van der Waals surface area contributed by atoms with Gasteiger partial charge >= 0.3 is 29.8 Å². The first-order valence-corrected chi connectivity index (χ1v) is 31.2. The van der Waals surface area contributed by atoms with E-state index in [0.717, 1.165) is 85.8 Å². The number of imidazole rings is 1. The molecule has 0 saturated heterocycles. The Hall–Kier alpha value is -14.3. The van der Waals surface area contributed by atoms with Crippen LogP contribution in [-0.2, 0) is 30.8 Å². The zero-order chi connectivity index (χ0) is 82.5. The minimum absolute atomic E-state index is 0. The number of carboxylic acid groups (broad SMARTS) is 1. The van der Waals surface area contributed by atoms with Gasteiger partial charge in [-0.05, 0) is 17.3 Å². The number of methoxy groups -OCH3 is 3. The number of alkyl halides is 3. The van der Waals surface area contributed by atoms with E-state index in [1.54, 1.807) is 35.9 Å². The van der Waals surface area contributed by atoms with Gasteiger partial charge in [-0.2, -0.15) is 5.10 Å². The summed E-state index contributed by atoms with van der Waals surface area (Å²) < 4.78 is 83.3. The van der Waals surface area contributed by atoms with Crippen molar-refractivity contribution >= 4 is 151 Å². The number of carbonyl (C=O) groups excluding carboxylic acids is 6. The Balaban J connectivity index is 0.000000242. The Morgan fingerprint density at radius 3 is 1.49 bits per heavy atom. The number of nitrogens with one attached hydrogen (secondary N) is 2. The molecule has 112 heavy (non-hydrogen) atoms. The van der Waals surface area contributed by atoms with Gasteiger partial charge in [0.05, 0.1) is 125 Å². The molecule has 0 fully saturated rings. The van der Waals surface area contributed by atoms with Crippen molar-refractivity contribution in [3.8, 4) is 11.3 Å². The molecule has 0 radical (unpaired) electrons. The fourth-order valence-electron chi connectivity index (χ4n) is 8.49. The van der Waals surface area contributed by atoms with Gasteiger partial charge in [-0.15, -0.1) is 25.5 Å². The van der Waals surface area contributed by atoms with Crippen LogP contribution in [0, 0.1) is 42.2 Å². The van der Waals surface area contributed by atoms with E-state index in [4.69, 9.17) is 98.0 Å². The van der Waals surface area contributed by atoms with Crippen LogP contribution in [0.25, 0.3) is 54.6 Å². The molecule has 0 bridgehead atoms. The molecular formula is C61H56Cl3F5IN30O12-. The summed E-state index contributed by atoms with van der Waals surface area (Å²) in [5.74, 6) is -8.37. The number of halogens is 9. The Morgan fingerprint density at radius 2 is 1.08 bits per heavy atom. The van der Waals surface area contributed by atoms with E-state index in [-0.39, 0.29) is 133 Å². The lowest BCUT2D eigenvalue weighted by Gasteiger charge is -2.12. The summed E-state index contributed by atoms with van der Waals surface area (Å²) in [5, 5.41) is 39.8. The number of aromatic nitrogens is 20. The Labute approximate surface area is 655 Å². The molecule has 13 rings (SSSR count). The number of ether oxygens (including phenoxy) is 3. The zero-order valence-corrected chi connectivity index (χ0v) is 62.6. The summed E-state index contributed by atoms with van der Waals surface area (Å²) in [5.41, 5.74) is 39.1. The van der Waals surface area contributed by atoms with Crippen LogP contribution in [0.5, 0.6) is 0 Å². The Morgan fingerprint density at radius 1 is 0.625 bits per heavy atom. The Bertz CT molecular complexity index is 5750. The minimum Gasteiger partial charge on any atom is -1.00 e. The smallest absolute Gasteiger partial charge is 0.373 e. The van der Waals surface area contributed by atoms with Crippen molar-refractivity contribution in [1.82, 2.24) is 98.3 Å². The number of hydrogen-bond acceptors (Lipinski definition) is 31. The number of carboxylic acids is 1. The van der Waals surface area contributed by atoms with E-state index in [2.05, 4.69) is 100 Å². The van der Waals surface area contributed by atoms with E-state index in [1.807, 2.05) is 13.8 Å². The number of ketones is 1.